The molecule has 34 heavy (non-hydrogen) atoms. The average Bonchev–Trinajstić information content (AvgIpc) is 3.30. The molecule has 4 aliphatic carbocycles. The van der Waals surface area contributed by atoms with Crippen LogP contribution >= 0.6 is 11.3 Å². The first kappa shape index (κ1) is 22.3. The smallest absolute Gasteiger partial charge is 0.245 e. The fraction of sp³-hybridized carbons (Fsp3) is 0.692. The Bertz CT molecular complexity index is 1050. The van der Waals surface area contributed by atoms with E-state index >= 15 is 0 Å². The van der Waals surface area contributed by atoms with Gasteiger partial charge in [-0.1, -0.05) is 13.8 Å². The Balaban J connectivity index is 1.12. The summed E-state index contributed by atoms with van der Waals surface area (Å²) in [7, 11) is 0. The van der Waals surface area contributed by atoms with Crippen molar-refractivity contribution in [3.63, 3.8) is 0 Å². The van der Waals surface area contributed by atoms with Gasteiger partial charge in [0.1, 0.15) is 23.0 Å². The second-order valence-corrected chi connectivity index (χ2v) is 12.4. The fourth-order valence-electron chi connectivity index (χ4n) is 7.56. The number of rotatable bonds is 5. The van der Waals surface area contributed by atoms with Gasteiger partial charge in [-0.25, -0.2) is 9.97 Å². The Labute approximate surface area is 205 Å². The van der Waals surface area contributed by atoms with Gasteiger partial charge in [0, 0.05) is 31.6 Å². The third-order valence-electron chi connectivity index (χ3n) is 8.87. The van der Waals surface area contributed by atoms with Crippen molar-refractivity contribution >= 4 is 39.2 Å². The van der Waals surface area contributed by atoms with Gasteiger partial charge in [0.05, 0.1) is 5.39 Å². The first-order valence-electron chi connectivity index (χ1n) is 12.9. The zero-order chi connectivity index (χ0) is 23.4. The van der Waals surface area contributed by atoms with Crippen LogP contribution in [0.3, 0.4) is 0 Å². The Morgan fingerprint density at radius 2 is 1.68 bits per heavy atom. The average molecular weight is 482 g/mol. The molecule has 3 heterocycles. The quantitative estimate of drug-likeness (QED) is 0.705. The van der Waals surface area contributed by atoms with E-state index in [0.717, 1.165) is 66.1 Å². The molecule has 1 unspecified atom stereocenters. The highest BCUT2D eigenvalue weighted by molar-refractivity contribution is 7.16. The number of anilines is 1. The van der Waals surface area contributed by atoms with Gasteiger partial charge in [0.25, 0.3) is 0 Å². The first-order valence-corrected chi connectivity index (χ1v) is 13.8. The molecule has 5 fully saturated rings. The molecule has 4 bridgehead atoms. The number of hydrogen-bond acceptors (Lipinski definition) is 6. The number of aromatic nitrogens is 2. The summed E-state index contributed by atoms with van der Waals surface area (Å²) >= 11 is 1.62. The van der Waals surface area contributed by atoms with E-state index in [1.165, 1.54) is 19.3 Å². The SMILES string of the molecule is CC(C)C(NC(=O)C12CC3CC(CC(C3)C1)C2)C(=O)N1CCN(c2ncnc3sccc23)CC1. The number of fused-ring (bicyclic) bond motifs is 1. The molecule has 2 amide bonds. The summed E-state index contributed by atoms with van der Waals surface area (Å²) in [5, 5.41) is 6.39. The largest absolute Gasteiger partial charge is 0.352 e. The third-order valence-corrected chi connectivity index (χ3v) is 9.69. The number of nitrogens with zero attached hydrogens (tertiary/aromatic N) is 4. The van der Waals surface area contributed by atoms with E-state index < -0.39 is 6.04 Å². The highest BCUT2D eigenvalue weighted by atomic mass is 32.1. The Hall–Kier alpha value is -2.22. The topological polar surface area (TPSA) is 78.4 Å². The van der Waals surface area contributed by atoms with Gasteiger partial charge in [0.2, 0.25) is 11.8 Å². The van der Waals surface area contributed by atoms with Crippen LogP contribution in [0.2, 0.25) is 0 Å². The molecule has 0 aromatic carbocycles. The lowest BCUT2D eigenvalue weighted by Gasteiger charge is -2.56. The minimum atomic E-state index is -0.449. The molecule has 7 nitrogen and oxygen atoms in total. The molecule has 2 aromatic heterocycles. The predicted molar refractivity (Wildman–Crippen MR) is 134 cm³/mol. The predicted octanol–water partition coefficient (Wildman–Crippen LogP) is 3.70. The van der Waals surface area contributed by atoms with E-state index in [0.29, 0.717) is 13.1 Å². The van der Waals surface area contributed by atoms with E-state index in [1.54, 1.807) is 17.7 Å². The third kappa shape index (κ3) is 3.78. The van der Waals surface area contributed by atoms with Gasteiger partial charge < -0.3 is 15.1 Å². The Morgan fingerprint density at radius 1 is 1.03 bits per heavy atom. The Kier molecular flexibility index (Phi) is 5.54. The molecule has 182 valence electrons. The summed E-state index contributed by atoms with van der Waals surface area (Å²) in [5.41, 5.74) is -0.222. The van der Waals surface area contributed by atoms with E-state index in [-0.39, 0.29) is 23.1 Å². The van der Waals surface area contributed by atoms with Crippen LogP contribution in [-0.4, -0.2) is 58.9 Å². The number of amides is 2. The summed E-state index contributed by atoms with van der Waals surface area (Å²) < 4.78 is 0. The van der Waals surface area contributed by atoms with Gasteiger partial charge in [0.15, 0.2) is 0 Å². The number of carbonyl (C=O) groups excluding carboxylic acids is 2. The number of thiophene rings is 1. The van der Waals surface area contributed by atoms with Gasteiger partial charge >= 0.3 is 0 Å². The second kappa shape index (κ2) is 8.47. The van der Waals surface area contributed by atoms with Gasteiger partial charge in [-0.2, -0.15) is 0 Å². The van der Waals surface area contributed by atoms with Crippen molar-refractivity contribution in [1.29, 1.82) is 0 Å². The number of hydrogen-bond donors (Lipinski definition) is 1. The monoisotopic (exact) mass is 481 g/mol. The molecule has 4 saturated carbocycles. The molecule has 1 N–H and O–H groups in total. The van der Waals surface area contributed by atoms with Crippen molar-refractivity contribution in [1.82, 2.24) is 20.2 Å². The van der Waals surface area contributed by atoms with Gasteiger partial charge in [-0.3, -0.25) is 9.59 Å². The maximum atomic E-state index is 13.6. The second-order valence-electron chi connectivity index (χ2n) is 11.5. The molecular formula is C26H35N5O2S. The van der Waals surface area contributed by atoms with Crippen LogP contribution in [0.5, 0.6) is 0 Å². The van der Waals surface area contributed by atoms with Crippen molar-refractivity contribution in [2.75, 3.05) is 31.1 Å². The molecule has 0 spiro atoms. The summed E-state index contributed by atoms with van der Waals surface area (Å²) in [5.74, 6) is 3.39. The van der Waals surface area contributed by atoms with Crippen LogP contribution in [0.1, 0.15) is 52.4 Å². The number of piperazine rings is 1. The summed E-state index contributed by atoms with van der Waals surface area (Å²) in [6.45, 7) is 6.86. The first-order chi connectivity index (χ1) is 16.4. The number of carbonyl (C=O) groups is 2. The zero-order valence-corrected chi connectivity index (χ0v) is 21.0. The standard InChI is InChI=1S/C26H35N5O2S/c1-16(2)21(29-25(33)26-12-17-9-18(13-26)11-19(10-17)14-26)24(32)31-6-4-30(5-7-31)22-20-3-8-34-23(20)28-15-27-22/h3,8,15-19,21H,4-7,9-14H2,1-2H3,(H,29,33). The van der Waals surface area contributed by atoms with Crippen LogP contribution in [-0.2, 0) is 9.59 Å². The molecule has 0 radical (unpaired) electrons. The van der Waals surface area contributed by atoms with E-state index in [2.05, 4.69) is 26.3 Å². The van der Waals surface area contributed by atoms with Crippen molar-refractivity contribution in [2.24, 2.45) is 29.1 Å². The van der Waals surface area contributed by atoms with Crippen molar-refractivity contribution < 1.29 is 9.59 Å². The molecule has 7 rings (SSSR count). The molecule has 1 saturated heterocycles. The molecule has 1 aliphatic heterocycles. The van der Waals surface area contributed by atoms with Crippen LogP contribution in [0.4, 0.5) is 5.82 Å². The summed E-state index contributed by atoms with van der Waals surface area (Å²) in [4.78, 5) is 41.3. The van der Waals surface area contributed by atoms with Crippen LogP contribution in [0, 0.1) is 29.1 Å². The lowest BCUT2D eigenvalue weighted by Crippen LogP contribution is -2.60. The Morgan fingerprint density at radius 3 is 2.29 bits per heavy atom. The normalized spacial score (nSPS) is 31.3. The number of nitrogens with one attached hydrogen (secondary N) is 1. The summed E-state index contributed by atoms with van der Waals surface area (Å²) in [6.07, 6.45) is 8.64. The van der Waals surface area contributed by atoms with E-state index in [1.807, 2.05) is 24.1 Å². The van der Waals surface area contributed by atoms with Crippen molar-refractivity contribution in [3.05, 3.63) is 17.8 Å². The zero-order valence-electron chi connectivity index (χ0n) is 20.2. The molecule has 8 heteroatoms. The van der Waals surface area contributed by atoms with Crippen LogP contribution in [0.15, 0.2) is 17.8 Å². The van der Waals surface area contributed by atoms with Crippen LogP contribution in [0.25, 0.3) is 10.2 Å². The maximum absolute atomic E-state index is 13.6. The molecule has 1 atom stereocenters. The summed E-state index contributed by atoms with van der Waals surface area (Å²) in [6, 6.07) is 1.62. The van der Waals surface area contributed by atoms with Gasteiger partial charge in [-0.05, 0) is 73.6 Å². The van der Waals surface area contributed by atoms with Crippen molar-refractivity contribution in [3.8, 4) is 0 Å². The fourth-order valence-corrected chi connectivity index (χ4v) is 8.29. The highest BCUT2D eigenvalue weighted by Crippen LogP contribution is 2.60. The van der Waals surface area contributed by atoms with Gasteiger partial charge in [-0.15, -0.1) is 11.3 Å². The molecular weight excluding hydrogens is 446 g/mol. The van der Waals surface area contributed by atoms with Crippen molar-refractivity contribution in [2.45, 2.75) is 58.4 Å². The van der Waals surface area contributed by atoms with E-state index in [9.17, 15) is 9.59 Å². The molecule has 5 aliphatic rings. The van der Waals surface area contributed by atoms with Crippen LogP contribution < -0.4 is 10.2 Å². The minimum Gasteiger partial charge on any atom is -0.352 e. The highest BCUT2D eigenvalue weighted by Gasteiger charge is 2.55. The maximum Gasteiger partial charge on any atom is 0.245 e. The molecule has 2 aromatic rings. The lowest BCUT2D eigenvalue weighted by molar-refractivity contribution is -0.150. The van der Waals surface area contributed by atoms with E-state index in [4.69, 9.17) is 0 Å². The minimum absolute atomic E-state index is 0.0655. The lowest BCUT2D eigenvalue weighted by atomic mass is 9.49.